The summed E-state index contributed by atoms with van der Waals surface area (Å²) in [5, 5.41) is 11.0. The molecule has 5 nitrogen and oxygen atoms in total. The minimum atomic E-state index is -0.473. The van der Waals surface area contributed by atoms with Gasteiger partial charge in [0.1, 0.15) is 5.02 Å². The number of hydrogen-bond acceptors (Lipinski definition) is 4. The average molecular weight is 334 g/mol. The van der Waals surface area contributed by atoms with E-state index >= 15 is 0 Å². The molecule has 2 rings (SSSR count). The second kappa shape index (κ2) is 8.62. The Hall–Kier alpha value is -1.95. The molecule has 23 heavy (non-hydrogen) atoms. The van der Waals surface area contributed by atoms with Gasteiger partial charge in [-0.3, -0.25) is 15.0 Å². The zero-order valence-corrected chi connectivity index (χ0v) is 13.6. The lowest BCUT2D eigenvalue weighted by Gasteiger charge is -2.21. The van der Waals surface area contributed by atoms with Crippen molar-refractivity contribution in [3.8, 4) is 0 Å². The van der Waals surface area contributed by atoms with Gasteiger partial charge in [-0.05, 0) is 23.6 Å². The van der Waals surface area contributed by atoms with Crippen LogP contribution in [0, 0.1) is 10.1 Å². The Kier molecular flexibility index (Phi) is 6.52. The van der Waals surface area contributed by atoms with E-state index in [1.54, 1.807) is 12.1 Å². The molecule has 0 aliphatic heterocycles. The van der Waals surface area contributed by atoms with E-state index in [1.807, 2.05) is 18.2 Å². The highest BCUT2D eigenvalue weighted by Crippen LogP contribution is 2.25. The second-order valence-electron chi connectivity index (χ2n) is 5.34. The van der Waals surface area contributed by atoms with Crippen LogP contribution in [0.4, 0.5) is 5.69 Å². The van der Waals surface area contributed by atoms with Crippen LogP contribution in [0.1, 0.15) is 11.1 Å². The summed E-state index contributed by atoms with van der Waals surface area (Å²) in [7, 11) is 0. The normalized spacial score (nSPS) is 10.9. The van der Waals surface area contributed by atoms with Gasteiger partial charge < -0.3 is 5.73 Å². The van der Waals surface area contributed by atoms with Gasteiger partial charge >= 0.3 is 0 Å². The van der Waals surface area contributed by atoms with Crippen molar-refractivity contribution in [2.45, 2.75) is 13.0 Å². The van der Waals surface area contributed by atoms with Crippen LogP contribution < -0.4 is 5.73 Å². The number of nitro groups is 1. The van der Waals surface area contributed by atoms with Gasteiger partial charge in [-0.15, -0.1) is 0 Å². The summed E-state index contributed by atoms with van der Waals surface area (Å²) in [5.74, 6) is 0. The molecule has 0 saturated carbocycles. The molecule has 2 aromatic rings. The quantitative estimate of drug-likeness (QED) is 0.594. The Morgan fingerprint density at radius 3 is 2.43 bits per heavy atom. The number of nitrogens with zero attached hydrogens (tertiary/aromatic N) is 2. The molecule has 0 atom stereocenters. The first-order chi connectivity index (χ1) is 11.1. The Bertz CT molecular complexity index is 650. The van der Waals surface area contributed by atoms with Crippen molar-refractivity contribution in [2.24, 2.45) is 5.73 Å². The van der Waals surface area contributed by atoms with Crippen LogP contribution in [0.15, 0.2) is 48.5 Å². The number of benzene rings is 2. The lowest BCUT2D eigenvalue weighted by atomic mass is 10.1. The summed E-state index contributed by atoms with van der Waals surface area (Å²) in [6.07, 6.45) is 0.932. The Labute approximate surface area is 140 Å². The molecule has 0 aliphatic rings. The molecule has 0 bridgehead atoms. The van der Waals surface area contributed by atoms with Gasteiger partial charge in [0.05, 0.1) is 4.92 Å². The third kappa shape index (κ3) is 5.32. The first-order valence-electron chi connectivity index (χ1n) is 7.49. The van der Waals surface area contributed by atoms with Crippen LogP contribution in [-0.2, 0) is 13.0 Å². The fraction of sp³-hybridized carbons (Fsp3) is 0.294. The summed E-state index contributed by atoms with van der Waals surface area (Å²) >= 11 is 5.97. The minimum Gasteiger partial charge on any atom is -0.329 e. The highest BCUT2D eigenvalue weighted by molar-refractivity contribution is 6.32. The zero-order chi connectivity index (χ0) is 16.7. The molecule has 0 aliphatic carbocycles. The Morgan fingerprint density at radius 1 is 1.09 bits per heavy atom. The molecular weight excluding hydrogens is 314 g/mol. The highest BCUT2D eigenvalue weighted by Gasteiger charge is 2.13. The van der Waals surface area contributed by atoms with Gasteiger partial charge in [-0.2, -0.15) is 0 Å². The largest absolute Gasteiger partial charge is 0.329 e. The topological polar surface area (TPSA) is 72.4 Å². The molecule has 0 radical (unpaired) electrons. The van der Waals surface area contributed by atoms with Gasteiger partial charge in [0, 0.05) is 32.2 Å². The Morgan fingerprint density at radius 2 is 1.83 bits per heavy atom. The molecule has 2 aromatic carbocycles. The number of nitrogens with two attached hydrogens (primary N) is 1. The molecule has 0 heterocycles. The van der Waals surface area contributed by atoms with Crippen LogP contribution in [0.2, 0.25) is 5.02 Å². The zero-order valence-electron chi connectivity index (χ0n) is 12.8. The first-order valence-corrected chi connectivity index (χ1v) is 7.87. The maximum Gasteiger partial charge on any atom is 0.287 e. The molecule has 2 N–H and O–H groups in total. The van der Waals surface area contributed by atoms with Crippen molar-refractivity contribution < 1.29 is 4.92 Å². The second-order valence-corrected chi connectivity index (χ2v) is 5.75. The average Bonchev–Trinajstić information content (AvgIpc) is 2.53. The van der Waals surface area contributed by atoms with Crippen LogP contribution in [-0.4, -0.2) is 29.5 Å². The van der Waals surface area contributed by atoms with Crippen LogP contribution in [0.5, 0.6) is 0 Å². The van der Waals surface area contributed by atoms with E-state index in [1.165, 1.54) is 11.6 Å². The van der Waals surface area contributed by atoms with Crippen molar-refractivity contribution in [3.05, 3.63) is 74.8 Å². The molecule has 0 aromatic heterocycles. The van der Waals surface area contributed by atoms with E-state index in [-0.39, 0.29) is 10.7 Å². The first kappa shape index (κ1) is 17.4. The van der Waals surface area contributed by atoms with Gasteiger partial charge in [0.25, 0.3) is 5.69 Å². The smallest absolute Gasteiger partial charge is 0.287 e. The maximum absolute atomic E-state index is 10.8. The molecule has 0 fully saturated rings. The lowest BCUT2D eigenvalue weighted by molar-refractivity contribution is -0.384. The molecule has 6 heteroatoms. The predicted molar refractivity (Wildman–Crippen MR) is 92.6 cm³/mol. The van der Waals surface area contributed by atoms with E-state index in [4.69, 9.17) is 17.3 Å². The summed E-state index contributed by atoms with van der Waals surface area (Å²) in [6.45, 7) is 2.87. The third-order valence-corrected chi connectivity index (χ3v) is 3.92. The van der Waals surface area contributed by atoms with Gasteiger partial charge in [0.15, 0.2) is 0 Å². The molecule has 122 valence electrons. The predicted octanol–water partition coefficient (Wildman–Crippen LogP) is 3.25. The number of hydrogen-bond donors (Lipinski definition) is 1. The summed E-state index contributed by atoms with van der Waals surface area (Å²) < 4.78 is 0. The van der Waals surface area contributed by atoms with E-state index in [2.05, 4.69) is 17.0 Å². The van der Waals surface area contributed by atoms with E-state index < -0.39 is 4.92 Å². The number of nitro benzene ring substituents is 1. The maximum atomic E-state index is 10.8. The van der Waals surface area contributed by atoms with Crippen LogP contribution >= 0.6 is 11.6 Å². The van der Waals surface area contributed by atoms with E-state index in [0.29, 0.717) is 13.1 Å². The summed E-state index contributed by atoms with van der Waals surface area (Å²) in [5.41, 5.74) is 7.84. The highest BCUT2D eigenvalue weighted by atomic mass is 35.5. The van der Waals surface area contributed by atoms with Gasteiger partial charge in [-0.25, -0.2) is 0 Å². The SMILES string of the molecule is NCCN(CCc1ccccc1)Cc1ccc([N+](=O)[O-])c(Cl)c1. The van der Waals surface area contributed by atoms with E-state index in [9.17, 15) is 10.1 Å². The van der Waals surface area contributed by atoms with E-state index in [0.717, 1.165) is 25.1 Å². The summed E-state index contributed by atoms with van der Waals surface area (Å²) in [6, 6.07) is 15.1. The monoisotopic (exact) mass is 333 g/mol. The summed E-state index contributed by atoms with van der Waals surface area (Å²) in [4.78, 5) is 12.6. The van der Waals surface area contributed by atoms with Crippen LogP contribution in [0.25, 0.3) is 0 Å². The van der Waals surface area contributed by atoms with Gasteiger partial charge in [0.2, 0.25) is 0 Å². The van der Waals surface area contributed by atoms with Crippen molar-refractivity contribution in [1.82, 2.24) is 4.90 Å². The van der Waals surface area contributed by atoms with Gasteiger partial charge in [-0.1, -0.05) is 48.0 Å². The number of halogens is 1. The Balaban J connectivity index is 2.01. The standard InChI is InChI=1S/C17H20ClN3O2/c18-16-12-15(6-7-17(16)21(22)23)13-20(11-9-19)10-8-14-4-2-1-3-5-14/h1-7,12H,8-11,13,19H2. The fourth-order valence-electron chi connectivity index (χ4n) is 2.44. The third-order valence-electron chi connectivity index (χ3n) is 3.62. The molecule has 0 amide bonds. The van der Waals surface area contributed by atoms with Crippen LogP contribution in [0.3, 0.4) is 0 Å². The molecular formula is C17H20ClN3O2. The minimum absolute atomic E-state index is 0.0647. The number of rotatable bonds is 8. The van der Waals surface area contributed by atoms with Crippen molar-refractivity contribution in [2.75, 3.05) is 19.6 Å². The lowest BCUT2D eigenvalue weighted by Crippen LogP contribution is -2.31. The van der Waals surface area contributed by atoms with Crippen molar-refractivity contribution in [3.63, 3.8) is 0 Å². The van der Waals surface area contributed by atoms with Crippen molar-refractivity contribution >= 4 is 17.3 Å². The molecule has 0 unspecified atom stereocenters. The molecule has 0 spiro atoms. The fourth-order valence-corrected chi connectivity index (χ4v) is 2.71. The van der Waals surface area contributed by atoms with Crippen molar-refractivity contribution in [1.29, 1.82) is 0 Å². The molecule has 0 saturated heterocycles.